The number of urea groups is 1. The number of aliphatic carboxylic acids is 1. The number of anilines is 1. The van der Waals surface area contributed by atoms with Gasteiger partial charge in [-0.3, -0.25) is 10.1 Å². The number of nitrogens with one attached hydrogen (secondary N) is 1. The first-order chi connectivity index (χ1) is 10.5. The van der Waals surface area contributed by atoms with Crippen LogP contribution in [-0.2, 0) is 9.53 Å². The predicted octanol–water partition coefficient (Wildman–Crippen LogP) is 2.22. The van der Waals surface area contributed by atoms with Gasteiger partial charge in [0.15, 0.2) is 5.13 Å². The summed E-state index contributed by atoms with van der Waals surface area (Å²) in [4.78, 5) is 28.7. The van der Waals surface area contributed by atoms with Gasteiger partial charge >= 0.3 is 12.0 Å². The molecule has 22 heavy (non-hydrogen) atoms. The second kappa shape index (κ2) is 7.55. The van der Waals surface area contributed by atoms with Gasteiger partial charge in [0.25, 0.3) is 0 Å². The van der Waals surface area contributed by atoms with Gasteiger partial charge in [-0.1, -0.05) is 6.92 Å². The highest BCUT2D eigenvalue weighted by Gasteiger charge is 2.21. The van der Waals surface area contributed by atoms with E-state index in [0.717, 1.165) is 31.7 Å². The van der Waals surface area contributed by atoms with Crippen molar-refractivity contribution in [3.63, 3.8) is 0 Å². The number of carbonyl (C=O) groups excluding carboxylic acids is 1. The summed E-state index contributed by atoms with van der Waals surface area (Å²) in [5.41, 5.74) is 0.991. The van der Waals surface area contributed by atoms with Crippen LogP contribution in [0.2, 0.25) is 0 Å². The fourth-order valence-corrected chi connectivity index (χ4v) is 3.07. The van der Waals surface area contributed by atoms with Crippen molar-refractivity contribution in [2.75, 3.05) is 32.1 Å². The summed E-state index contributed by atoms with van der Waals surface area (Å²) in [6.07, 6.45) is 1.90. The second-order valence-electron chi connectivity index (χ2n) is 5.51. The highest BCUT2D eigenvalue weighted by molar-refractivity contribution is 7.13. The number of nitrogens with zero attached hydrogens (tertiary/aromatic N) is 2. The van der Waals surface area contributed by atoms with Gasteiger partial charge in [-0.25, -0.2) is 9.78 Å². The second-order valence-corrected chi connectivity index (χ2v) is 6.37. The molecule has 0 aromatic carbocycles. The fraction of sp³-hybridized carbons (Fsp3) is 0.643. The van der Waals surface area contributed by atoms with E-state index in [9.17, 15) is 9.59 Å². The lowest BCUT2D eigenvalue weighted by Gasteiger charge is -2.20. The molecule has 1 atom stereocenters. The molecule has 0 radical (unpaired) electrons. The molecule has 1 aromatic heterocycles. The molecular weight excluding hydrogens is 306 g/mol. The molecule has 1 aromatic rings. The van der Waals surface area contributed by atoms with Crippen LogP contribution in [0.1, 0.15) is 31.4 Å². The third-order valence-corrected chi connectivity index (χ3v) is 4.47. The van der Waals surface area contributed by atoms with Gasteiger partial charge in [-0.05, 0) is 12.8 Å². The summed E-state index contributed by atoms with van der Waals surface area (Å²) in [6, 6.07) is -0.346. The number of ether oxygens (including phenoxy) is 1. The van der Waals surface area contributed by atoms with Crippen LogP contribution < -0.4 is 5.32 Å². The standard InChI is InChI=1S/C14H21N3O4S/c1-9(12(18)19)7-17(2)14(20)16-13-15-11(8-22-13)10-3-5-21-6-4-10/h8-10H,3-7H2,1-2H3,(H,18,19)(H,15,16,20). The van der Waals surface area contributed by atoms with Crippen molar-refractivity contribution in [3.05, 3.63) is 11.1 Å². The maximum absolute atomic E-state index is 12.0. The summed E-state index contributed by atoms with van der Waals surface area (Å²) in [5.74, 6) is -1.14. The van der Waals surface area contributed by atoms with Crippen LogP contribution in [0.5, 0.6) is 0 Å². The Hall–Kier alpha value is -1.67. The Bertz CT molecular complexity index is 528. The number of hydrogen-bond acceptors (Lipinski definition) is 5. The number of carbonyl (C=O) groups is 2. The Kier molecular flexibility index (Phi) is 5.73. The van der Waals surface area contributed by atoms with Crippen molar-refractivity contribution >= 4 is 28.5 Å². The summed E-state index contributed by atoms with van der Waals surface area (Å²) < 4.78 is 5.33. The van der Waals surface area contributed by atoms with Crippen molar-refractivity contribution < 1.29 is 19.4 Å². The zero-order valence-corrected chi connectivity index (χ0v) is 13.6. The number of thiazole rings is 1. The molecule has 2 N–H and O–H groups in total. The van der Waals surface area contributed by atoms with Gasteiger partial charge in [0.05, 0.1) is 11.6 Å². The minimum atomic E-state index is -0.921. The lowest BCUT2D eigenvalue weighted by molar-refractivity contribution is -0.141. The Balaban J connectivity index is 1.88. The Morgan fingerprint density at radius 2 is 2.23 bits per heavy atom. The zero-order valence-electron chi connectivity index (χ0n) is 12.7. The van der Waals surface area contributed by atoms with E-state index < -0.39 is 11.9 Å². The van der Waals surface area contributed by atoms with Crippen LogP contribution in [0.4, 0.5) is 9.93 Å². The van der Waals surface area contributed by atoms with Gasteiger partial charge in [0.1, 0.15) is 0 Å². The van der Waals surface area contributed by atoms with Gasteiger partial charge in [0.2, 0.25) is 0 Å². The van der Waals surface area contributed by atoms with Crippen LogP contribution in [0.15, 0.2) is 5.38 Å². The number of carboxylic acids is 1. The topological polar surface area (TPSA) is 91.8 Å². The molecule has 1 unspecified atom stereocenters. The monoisotopic (exact) mass is 327 g/mol. The molecule has 1 fully saturated rings. The molecule has 0 aliphatic carbocycles. The van der Waals surface area contributed by atoms with Crippen molar-refractivity contribution in [3.8, 4) is 0 Å². The molecule has 7 nitrogen and oxygen atoms in total. The maximum atomic E-state index is 12.0. The van der Waals surface area contributed by atoms with Crippen LogP contribution in [0.3, 0.4) is 0 Å². The molecule has 0 bridgehead atoms. The summed E-state index contributed by atoms with van der Waals surface area (Å²) >= 11 is 1.39. The quantitative estimate of drug-likeness (QED) is 0.865. The maximum Gasteiger partial charge on any atom is 0.323 e. The smallest absolute Gasteiger partial charge is 0.323 e. The van der Waals surface area contributed by atoms with E-state index in [2.05, 4.69) is 10.3 Å². The number of aromatic nitrogens is 1. The van der Waals surface area contributed by atoms with Crippen LogP contribution >= 0.6 is 11.3 Å². The van der Waals surface area contributed by atoms with Crippen molar-refractivity contribution in [2.45, 2.75) is 25.7 Å². The van der Waals surface area contributed by atoms with Gasteiger partial charge < -0.3 is 14.7 Å². The van der Waals surface area contributed by atoms with Crippen LogP contribution in [0, 0.1) is 5.92 Å². The number of hydrogen-bond donors (Lipinski definition) is 2. The minimum absolute atomic E-state index is 0.152. The van der Waals surface area contributed by atoms with E-state index >= 15 is 0 Å². The number of rotatable bonds is 5. The van der Waals surface area contributed by atoms with E-state index in [4.69, 9.17) is 9.84 Å². The third-order valence-electron chi connectivity index (χ3n) is 3.69. The highest BCUT2D eigenvalue weighted by Crippen LogP contribution is 2.29. The molecule has 2 rings (SSSR count). The summed E-state index contributed by atoms with van der Waals surface area (Å²) in [7, 11) is 1.57. The fourth-order valence-electron chi connectivity index (χ4n) is 2.28. The van der Waals surface area contributed by atoms with E-state index in [0.29, 0.717) is 11.0 Å². The molecule has 0 spiro atoms. The number of amides is 2. The van der Waals surface area contributed by atoms with Gasteiger partial charge in [0, 0.05) is 38.1 Å². The molecule has 0 saturated carbocycles. The lowest BCUT2D eigenvalue weighted by Crippen LogP contribution is -2.36. The zero-order chi connectivity index (χ0) is 16.1. The largest absolute Gasteiger partial charge is 0.481 e. The highest BCUT2D eigenvalue weighted by atomic mass is 32.1. The number of carboxylic acid groups (broad SMARTS) is 1. The first-order valence-electron chi connectivity index (χ1n) is 7.25. The molecule has 122 valence electrons. The lowest BCUT2D eigenvalue weighted by atomic mass is 9.98. The SMILES string of the molecule is CC(CN(C)C(=O)Nc1nc(C2CCOCC2)cs1)C(=O)O. The van der Waals surface area contributed by atoms with Crippen molar-refractivity contribution in [1.82, 2.24) is 9.88 Å². The van der Waals surface area contributed by atoms with E-state index in [1.165, 1.54) is 16.2 Å². The average molecular weight is 327 g/mol. The van der Waals surface area contributed by atoms with Gasteiger partial charge in [-0.2, -0.15) is 0 Å². The molecular formula is C14H21N3O4S. The van der Waals surface area contributed by atoms with Crippen molar-refractivity contribution in [2.24, 2.45) is 5.92 Å². The molecule has 8 heteroatoms. The van der Waals surface area contributed by atoms with Gasteiger partial charge in [-0.15, -0.1) is 11.3 Å². The summed E-state index contributed by atoms with van der Waals surface area (Å²) in [6.45, 7) is 3.22. The molecule has 1 aliphatic rings. The third kappa shape index (κ3) is 4.41. The van der Waals surface area contributed by atoms with E-state index in [-0.39, 0.29) is 12.6 Å². The first kappa shape index (κ1) is 16.7. The molecule has 2 amide bonds. The van der Waals surface area contributed by atoms with Crippen LogP contribution in [0.25, 0.3) is 0 Å². The first-order valence-corrected chi connectivity index (χ1v) is 8.13. The van der Waals surface area contributed by atoms with E-state index in [1.807, 2.05) is 5.38 Å². The Labute approximate surface area is 133 Å². The molecule has 2 heterocycles. The minimum Gasteiger partial charge on any atom is -0.481 e. The van der Waals surface area contributed by atoms with E-state index in [1.54, 1.807) is 14.0 Å². The normalized spacial score (nSPS) is 17.0. The summed E-state index contributed by atoms with van der Waals surface area (Å²) in [5, 5.41) is 14.1. The van der Waals surface area contributed by atoms with Crippen molar-refractivity contribution in [1.29, 1.82) is 0 Å². The molecule has 1 saturated heterocycles. The Morgan fingerprint density at radius 3 is 2.86 bits per heavy atom. The predicted molar refractivity (Wildman–Crippen MR) is 83.4 cm³/mol. The molecule has 1 aliphatic heterocycles. The van der Waals surface area contributed by atoms with Crippen LogP contribution in [-0.4, -0.2) is 53.8 Å². The average Bonchev–Trinajstić information content (AvgIpc) is 2.96. The Morgan fingerprint density at radius 1 is 1.55 bits per heavy atom.